The van der Waals surface area contributed by atoms with Crippen LogP contribution in [0.25, 0.3) is 6.08 Å². The first kappa shape index (κ1) is 21.3. The number of carbonyl (C=O) groups excluding carboxylic acids is 2. The van der Waals surface area contributed by atoms with Crippen molar-refractivity contribution in [3.05, 3.63) is 65.9 Å². The molecule has 6 heteroatoms. The van der Waals surface area contributed by atoms with Gasteiger partial charge in [-0.25, -0.2) is 13.6 Å². The van der Waals surface area contributed by atoms with Crippen molar-refractivity contribution in [3.8, 4) is 0 Å². The number of amides is 1. The minimum atomic E-state index is -0.835. The Morgan fingerprint density at radius 1 is 1.27 bits per heavy atom. The zero-order valence-corrected chi connectivity index (χ0v) is 14.9. The molecule has 4 nitrogen and oxygen atoms in total. The van der Waals surface area contributed by atoms with Crippen molar-refractivity contribution in [1.29, 1.82) is 0 Å². The summed E-state index contributed by atoms with van der Waals surface area (Å²) in [5.41, 5.74) is -0.146. The third-order valence-electron chi connectivity index (χ3n) is 3.51. The highest BCUT2D eigenvalue weighted by Crippen LogP contribution is 2.12. The molecule has 1 unspecified atom stereocenters. The number of hydrogen-bond donors (Lipinski definition) is 1. The van der Waals surface area contributed by atoms with E-state index in [1.165, 1.54) is 12.2 Å². The van der Waals surface area contributed by atoms with Crippen molar-refractivity contribution in [2.75, 3.05) is 6.61 Å². The molecule has 1 aromatic rings. The van der Waals surface area contributed by atoms with Crippen molar-refractivity contribution >= 4 is 18.0 Å². The van der Waals surface area contributed by atoms with E-state index in [1.807, 2.05) is 6.92 Å². The van der Waals surface area contributed by atoms with Crippen LogP contribution in [0.3, 0.4) is 0 Å². The molecular formula is C20H23F2NO3. The first-order chi connectivity index (χ1) is 12.3. The Morgan fingerprint density at radius 2 is 1.92 bits per heavy atom. The lowest BCUT2D eigenvalue weighted by atomic mass is 10.1. The Bertz CT molecular complexity index is 691. The first-order valence-electron chi connectivity index (χ1n) is 8.29. The van der Waals surface area contributed by atoms with Gasteiger partial charge in [-0.05, 0) is 42.2 Å². The van der Waals surface area contributed by atoms with Crippen molar-refractivity contribution in [1.82, 2.24) is 5.32 Å². The maximum atomic E-state index is 13.3. The highest BCUT2D eigenvalue weighted by atomic mass is 19.1. The third-order valence-corrected chi connectivity index (χ3v) is 3.51. The van der Waals surface area contributed by atoms with Gasteiger partial charge in [-0.3, -0.25) is 4.79 Å². The summed E-state index contributed by atoms with van der Waals surface area (Å²) in [6.45, 7) is 7.47. The van der Waals surface area contributed by atoms with Gasteiger partial charge in [-0.2, -0.15) is 0 Å². The van der Waals surface area contributed by atoms with Crippen LogP contribution in [0.4, 0.5) is 8.78 Å². The van der Waals surface area contributed by atoms with Crippen LogP contribution >= 0.6 is 0 Å². The van der Waals surface area contributed by atoms with Crippen LogP contribution in [-0.2, 0) is 14.3 Å². The Balaban J connectivity index is 2.97. The minimum Gasteiger partial charge on any atom is -0.457 e. The Labute approximate surface area is 152 Å². The van der Waals surface area contributed by atoms with Gasteiger partial charge in [0.15, 0.2) is 0 Å². The van der Waals surface area contributed by atoms with E-state index in [0.717, 1.165) is 31.1 Å². The number of benzene rings is 1. The van der Waals surface area contributed by atoms with Crippen LogP contribution in [0.15, 0.2) is 48.7 Å². The summed E-state index contributed by atoms with van der Waals surface area (Å²) in [6.07, 6.45) is 7.24. The number of nitrogens with one attached hydrogen (secondary N) is 1. The maximum absolute atomic E-state index is 13.3. The molecule has 0 saturated heterocycles. The minimum absolute atomic E-state index is 0.0621. The monoisotopic (exact) mass is 363 g/mol. The molecule has 0 aliphatic heterocycles. The quantitative estimate of drug-likeness (QED) is 0.407. The van der Waals surface area contributed by atoms with Crippen LogP contribution in [0.2, 0.25) is 0 Å². The largest absolute Gasteiger partial charge is 0.457 e. The smallest absolute Gasteiger partial charge is 0.355 e. The van der Waals surface area contributed by atoms with Crippen molar-refractivity contribution in [2.24, 2.45) is 5.92 Å². The van der Waals surface area contributed by atoms with Gasteiger partial charge in [0.1, 0.15) is 23.9 Å². The Hall–Kier alpha value is -2.76. The molecule has 0 saturated carbocycles. The van der Waals surface area contributed by atoms with E-state index >= 15 is 0 Å². The van der Waals surface area contributed by atoms with Crippen LogP contribution < -0.4 is 5.32 Å². The van der Waals surface area contributed by atoms with Gasteiger partial charge in [0.05, 0.1) is 0 Å². The summed E-state index contributed by atoms with van der Waals surface area (Å²) in [5.74, 6) is -2.53. The Morgan fingerprint density at radius 3 is 2.50 bits per heavy atom. The fourth-order valence-electron chi connectivity index (χ4n) is 1.93. The molecule has 1 aromatic carbocycles. The fraction of sp³-hybridized carbons (Fsp3) is 0.300. The summed E-state index contributed by atoms with van der Waals surface area (Å²) in [7, 11) is 0. The molecule has 26 heavy (non-hydrogen) atoms. The second-order valence-electron chi connectivity index (χ2n) is 5.79. The molecule has 0 aliphatic rings. The van der Waals surface area contributed by atoms with Gasteiger partial charge in [0.2, 0.25) is 5.91 Å². The third kappa shape index (κ3) is 7.88. The maximum Gasteiger partial charge on any atom is 0.355 e. The molecule has 1 N–H and O–H groups in total. The van der Waals surface area contributed by atoms with E-state index in [2.05, 4.69) is 18.8 Å². The van der Waals surface area contributed by atoms with Crippen LogP contribution in [-0.4, -0.2) is 18.5 Å². The molecule has 0 heterocycles. The lowest BCUT2D eigenvalue weighted by Gasteiger charge is -2.08. The predicted molar refractivity (Wildman–Crippen MR) is 96.8 cm³/mol. The fourth-order valence-corrected chi connectivity index (χ4v) is 1.93. The topological polar surface area (TPSA) is 55.4 Å². The SMILES string of the molecule is C=CCOC(=O)/C(=C\c1cc(F)cc(F)c1)NC(=O)/C=C/CC(C)CC. The van der Waals surface area contributed by atoms with Crippen molar-refractivity contribution in [3.63, 3.8) is 0 Å². The van der Waals surface area contributed by atoms with Gasteiger partial charge >= 0.3 is 5.97 Å². The average Bonchev–Trinajstić information content (AvgIpc) is 2.57. The molecule has 0 aromatic heterocycles. The summed E-state index contributed by atoms with van der Waals surface area (Å²) in [6, 6.07) is 2.78. The molecule has 0 fully saturated rings. The lowest BCUT2D eigenvalue weighted by Crippen LogP contribution is -2.27. The van der Waals surface area contributed by atoms with E-state index in [4.69, 9.17) is 4.74 Å². The molecule has 0 spiro atoms. The lowest BCUT2D eigenvalue weighted by molar-refractivity contribution is -0.139. The highest BCUT2D eigenvalue weighted by Gasteiger charge is 2.14. The summed E-state index contributed by atoms with van der Waals surface area (Å²) in [4.78, 5) is 24.1. The zero-order valence-electron chi connectivity index (χ0n) is 14.9. The molecule has 0 aliphatic carbocycles. The van der Waals surface area contributed by atoms with Gasteiger partial charge < -0.3 is 10.1 Å². The molecule has 1 atom stereocenters. The molecule has 1 amide bonds. The molecule has 1 rings (SSSR count). The molecular weight excluding hydrogens is 340 g/mol. The normalized spacial score (nSPS) is 12.7. The number of allylic oxidation sites excluding steroid dienone is 1. The molecule has 0 bridgehead atoms. The summed E-state index contributed by atoms with van der Waals surface area (Å²) < 4.78 is 31.5. The number of esters is 1. The van der Waals surface area contributed by atoms with Crippen LogP contribution in [0.1, 0.15) is 32.3 Å². The highest BCUT2D eigenvalue weighted by molar-refractivity contribution is 6.00. The van der Waals surface area contributed by atoms with Gasteiger partial charge in [-0.15, -0.1) is 0 Å². The molecule has 0 radical (unpaired) electrons. The van der Waals surface area contributed by atoms with E-state index in [0.29, 0.717) is 12.0 Å². The second kappa shape index (κ2) is 11.0. The predicted octanol–water partition coefficient (Wildman–Crippen LogP) is 4.14. The van der Waals surface area contributed by atoms with E-state index in [1.54, 1.807) is 6.08 Å². The van der Waals surface area contributed by atoms with Gasteiger partial charge in [0.25, 0.3) is 0 Å². The van der Waals surface area contributed by atoms with Crippen LogP contribution in [0, 0.1) is 17.6 Å². The summed E-state index contributed by atoms with van der Waals surface area (Å²) in [5, 5.41) is 2.39. The number of carbonyl (C=O) groups is 2. The standard InChI is InChI=1S/C20H23F2NO3/c1-4-9-26-20(25)18(12-15-10-16(21)13-17(22)11-15)23-19(24)8-6-7-14(3)5-2/h4,6,8,10-14H,1,5,7,9H2,2-3H3,(H,23,24)/b8-6+,18-12+. The van der Waals surface area contributed by atoms with Crippen molar-refractivity contribution < 1.29 is 23.1 Å². The number of rotatable bonds is 9. The number of halogens is 2. The van der Waals surface area contributed by atoms with Crippen LogP contribution in [0.5, 0.6) is 0 Å². The van der Waals surface area contributed by atoms with E-state index < -0.39 is 23.5 Å². The van der Waals surface area contributed by atoms with Crippen molar-refractivity contribution in [2.45, 2.75) is 26.7 Å². The van der Waals surface area contributed by atoms with Gasteiger partial charge in [0, 0.05) is 6.07 Å². The second-order valence-corrected chi connectivity index (χ2v) is 5.79. The van der Waals surface area contributed by atoms with E-state index in [9.17, 15) is 18.4 Å². The number of ether oxygens (including phenoxy) is 1. The first-order valence-corrected chi connectivity index (χ1v) is 8.29. The van der Waals surface area contributed by atoms with E-state index in [-0.39, 0.29) is 17.9 Å². The van der Waals surface area contributed by atoms with Gasteiger partial charge in [-0.1, -0.05) is 39.0 Å². The molecule has 140 valence electrons. The Kier molecular flexibility index (Phi) is 8.98. The number of hydrogen-bond acceptors (Lipinski definition) is 3. The average molecular weight is 363 g/mol. The zero-order chi connectivity index (χ0) is 19.5. The summed E-state index contributed by atoms with van der Waals surface area (Å²) >= 11 is 0.